The number of carbonyl (C=O) groups is 2. The first-order valence-electron chi connectivity index (χ1n) is 12.8. The number of hydrogen-bond donors (Lipinski definition) is 2. The molecular weight excluding hydrogens is 557 g/mol. The van der Waals surface area contributed by atoms with E-state index in [1.807, 2.05) is 30.3 Å². The third-order valence-electron chi connectivity index (χ3n) is 6.60. The molecule has 3 aromatic carbocycles. The second-order valence-corrected chi connectivity index (χ2v) is 12.2. The van der Waals surface area contributed by atoms with E-state index in [-0.39, 0.29) is 42.3 Å². The van der Waals surface area contributed by atoms with E-state index in [1.54, 1.807) is 54.3 Å². The molecule has 1 aliphatic carbocycles. The largest absolute Gasteiger partial charge is 0.350 e. The zero-order valence-electron chi connectivity index (χ0n) is 21.6. The summed E-state index contributed by atoms with van der Waals surface area (Å²) in [6.45, 7) is 2.18. The molecule has 0 radical (unpaired) electrons. The SMILES string of the molecule is C[C@@H](C(=O)NCc1ccccc1Cl)N(Cc1ccc(Cl)cc1)C(=O)CCc1ccc(S(=O)(=O)NC2CC2)cc1. The molecule has 2 N–H and O–H groups in total. The van der Waals surface area contributed by atoms with Crippen LogP contribution in [0, 0.1) is 0 Å². The second-order valence-electron chi connectivity index (χ2n) is 9.67. The average molecular weight is 589 g/mol. The normalized spacial score (nSPS) is 14.0. The highest BCUT2D eigenvalue weighted by Gasteiger charge is 2.28. The molecule has 39 heavy (non-hydrogen) atoms. The Kier molecular flexibility index (Phi) is 9.67. The van der Waals surface area contributed by atoms with Gasteiger partial charge in [-0.2, -0.15) is 0 Å². The van der Waals surface area contributed by atoms with Gasteiger partial charge in [0.25, 0.3) is 0 Å². The smallest absolute Gasteiger partial charge is 0.242 e. The summed E-state index contributed by atoms with van der Waals surface area (Å²) in [5.41, 5.74) is 2.46. The van der Waals surface area contributed by atoms with Crippen molar-refractivity contribution in [3.63, 3.8) is 0 Å². The molecule has 0 aliphatic heterocycles. The molecule has 0 bridgehead atoms. The van der Waals surface area contributed by atoms with Crippen molar-refractivity contribution in [2.24, 2.45) is 0 Å². The van der Waals surface area contributed by atoms with Crippen molar-refractivity contribution in [3.05, 3.63) is 99.5 Å². The maximum Gasteiger partial charge on any atom is 0.242 e. The Morgan fingerprint density at radius 3 is 2.23 bits per heavy atom. The summed E-state index contributed by atoms with van der Waals surface area (Å²) < 4.78 is 27.5. The quantitative estimate of drug-likeness (QED) is 0.308. The molecule has 7 nitrogen and oxygen atoms in total. The number of nitrogens with zero attached hydrogens (tertiary/aromatic N) is 1. The molecule has 0 saturated heterocycles. The van der Waals surface area contributed by atoms with Crippen LogP contribution in [0.1, 0.15) is 42.9 Å². The minimum atomic E-state index is -3.53. The summed E-state index contributed by atoms with van der Waals surface area (Å²) in [7, 11) is -3.53. The first-order valence-corrected chi connectivity index (χ1v) is 15.0. The van der Waals surface area contributed by atoms with E-state index >= 15 is 0 Å². The lowest BCUT2D eigenvalue weighted by Crippen LogP contribution is -2.47. The molecule has 10 heteroatoms. The lowest BCUT2D eigenvalue weighted by molar-refractivity contribution is -0.140. The van der Waals surface area contributed by atoms with Crippen molar-refractivity contribution in [1.29, 1.82) is 0 Å². The fraction of sp³-hybridized carbons (Fsp3) is 0.310. The zero-order valence-corrected chi connectivity index (χ0v) is 23.9. The monoisotopic (exact) mass is 587 g/mol. The molecular formula is C29H31Cl2N3O4S. The molecule has 1 saturated carbocycles. The van der Waals surface area contributed by atoms with E-state index in [4.69, 9.17) is 23.2 Å². The van der Waals surface area contributed by atoms with E-state index in [2.05, 4.69) is 10.0 Å². The van der Waals surface area contributed by atoms with E-state index in [1.165, 1.54) is 0 Å². The summed E-state index contributed by atoms with van der Waals surface area (Å²) in [4.78, 5) is 28.2. The Morgan fingerprint density at radius 1 is 0.949 bits per heavy atom. The van der Waals surface area contributed by atoms with Gasteiger partial charge in [-0.25, -0.2) is 13.1 Å². The van der Waals surface area contributed by atoms with Crippen molar-refractivity contribution >= 4 is 45.0 Å². The van der Waals surface area contributed by atoms with Gasteiger partial charge < -0.3 is 10.2 Å². The molecule has 1 aliphatic rings. The van der Waals surface area contributed by atoms with Gasteiger partial charge in [-0.05, 0) is 73.2 Å². The van der Waals surface area contributed by atoms with Crippen LogP contribution in [-0.2, 0) is 39.1 Å². The maximum atomic E-state index is 13.4. The summed E-state index contributed by atoms with van der Waals surface area (Å²) in [5.74, 6) is -0.493. The molecule has 0 spiro atoms. The molecule has 1 fully saturated rings. The van der Waals surface area contributed by atoms with Gasteiger partial charge in [-0.3, -0.25) is 9.59 Å². The standard InChI is InChI=1S/C29H31Cl2N3O4S/c1-20(29(36)32-18-23-4-2-3-5-27(23)31)34(19-22-6-11-24(30)12-7-22)28(35)17-10-21-8-15-26(16-9-21)39(37,38)33-25-13-14-25/h2-9,11-12,15-16,20,25,33H,10,13-14,17-19H2,1H3,(H,32,36)/t20-/m0/s1. The van der Waals surface area contributed by atoms with Crippen LogP contribution in [0.5, 0.6) is 0 Å². The Bertz CT molecular complexity index is 1410. The van der Waals surface area contributed by atoms with Crippen LogP contribution < -0.4 is 10.0 Å². The number of nitrogens with one attached hydrogen (secondary N) is 2. The number of rotatable bonds is 12. The van der Waals surface area contributed by atoms with Gasteiger partial charge in [-0.1, -0.05) is 65.7 Å². The van der Waals surface area contributed by atoms with Gasteiger partial charge in [0.1, 0.15) is 6.04 Å². The van der Waals surface area contributed by atoms with Gasteiger partial charge in [0.2, 0.25) is 21.8 Å². The molecule has 4 rings (SSSR count). The molecule has 0 unspecified atom stereocenters. The lowest BCUT2D eigenvalue weighted by atomic mass is 10.1. The van der Waals surface area contributed by atoms with Gasteiger partial charge >= 0.3 is 0 Å². The number of hydrogen-bond acceptors (Lipinski definition) is 4. The highest BCUT2D eigenvalue weighted by molar-refractivity contribution is 7.89. The predicted octanol–water partition coefficient (Wildman–Crippen LogP) is 5.10. The van der Waals surface area contributed by atoms with Crippen LogP contribution in [0.2, 0.25) is 10.0 Å². The highest BCUT2D eigenvalue weighted by atomic mass is 35.5. The minimum absolute atomic E-state index is 0.0304. The van der Waals surface area contributed by atoms with Gasteiger partial charge in [0.15, 0.2) is 0 Å². The van der Waals surface area contributed by atoms with Crippen LogP contribution in [0.25, 0.3) is 0 Å². The fourth-order valence-corrected chi connectivity index (χ4v) is 5.69. The van der Waals surface area contributed by atoms with Crippen molar-refractivity contribution < 1.29 is 18.0 Å². The molecule has 1 atom stereocenters. The second kappa shape index (κ2) is 13.0. The molecule has 0 aromatic heterocycles. The molecule has 0 heterocycles. The average Bonchev–Trinajstić information content (AvgIpc) is 3.74. The number of sulfonamides is 1. The first-order chi connectivity index (χ1) is 18.6. The number of amides is 2. The fourth-order valence-electron chi connectivity index (χ4n) is 4.06. The maximum absolute atomic E-state index is 13.4. The number of carbonyl (C=O) groups excluding carboxylic acids is 2. The third-order valence-corrected chi connectivity index (χ3v) is 8.76. The van der Waals surface area contributed by atoms with E-state index in [0.29, 0.717) is 16.5 Å². The molecule has 2 amide bonds. The molecule has 3 aromatic rings. The minimum Gasteiger partial charge on any atom is -0.350 e. The summed E-state index contributed by atoms with van der Waals surface area (Å²) in [6.07, 6.45) is 2.28. The number of benzene rings is 3. The van der Waals surface area contributed by atoms with Crippen LogP contribution in [0.15, 0.2) is 77.7 Å². The summed E-state index contributed by atoms with van der Waals surface area (Å²) in [5, 5.41) is 4.02. The number of halogens is 2. The van der Waals surface area contributed by atoms with Crippen molar-refractivity contribution in [3.8, 4) is 0 Å². The van der Waals surface area contributed by atoms with Crippen LogP contribution >= 0.6 is 23.2 Å². The van der Waals surface area contributed by atoms with E-state index in [0.717, 1.165) is 29.5 Å². The van der Waals surface area contributed by atoms with Crippen LogP contribution in [0.4, 0.5) is 0 Å². The van der Waals surface area contributed by atoms with E-state index in [9.17, 15) is 18.0 Å². The Labute approximate surface area is 239 Å². The van der Waals surface area contributed by atoms with Gasteiger partial charge in [0.05, 0.1) is 4.90 Å². The summed E-state index contributed by atoms with van der Waals surface area (Å²) >= 11 is 12.2. The van der Waals surface area contributed by atoms with Crippen LogP contribution in [-0.4, -0.2) is 37.2 Å². The first kappa shape index (κ1) is 29.1. The number of aryl methyl sites for hydroxylation is 1. The van der Waals surface area contributed by atoms with E-state index < -0.39 is 16.1 Å². The summed E-state index contributed by atoms with van der Waals surface area (Å²) in [6, 6.07) is 20.2. The van der Waals surface area contributed by atoms with Crippen LogP contribution in [0.3, 0.4) is 0 Å². The zero-order chi connectivity index (χ0) is 28.0. The van der Waals surface area contributed by atoms with Gasteiger partial charge in [-0.15, -0.1) is 0 Å². The van der Waals surface area contributed by atoms with Crippen molar-refractivity contribution in [1.82, 2.24) is 14.9 Å². The Balaban J connectivity index is 1.42. The highest BCUT2D eigenvalue weighted by Crippen LogP contribution is 2.23. The Morgan fingerprint density at radius 2 is 1.59 bits per heavy atom. The van der Waals surface area contributed by atoms with Crippen molar-refractivity contribution in [2.45, 2.75) is 62.7 Å². The van der Waals surface area contributed by atoms with Gasteiger partial charge in [0, 0.05) is 35.6 Å². The third kappa shape index (κ3) is 8.29. The Hall–Kier alpha value is -2.91. The topological polar surface area (TPSA) is 95.6 Å². The lowest BCUT2D eigenvalue weighted by Gasteiger charge is -2.29. The van der Waals surface area contributed by atoms with Crippen molar-refractivity contribution in [2.75, 3.05) is 0 Å². The molecule has 206 valence electrons. The predicted molar refractivity (Wildman–Crippen MR) is 153 cm³/mol.